The normalized spacial score (nSPS) is 10.3. The van der Waals surface area contributed by atoms with E-state index in [1.165, 1.54) is 25.3 Å². The molecule has 0 atom stereocenters. The van der Waals surface area contributed by atoms with Gasteiger partial charge in [0.1, 0.15) is 11.6 Å². The van der Waals surface area contributed by atoms with Gasteiger partial charge in [0.05, 0.1) is 12.1 Å². The number of carbonyl (C=O) groups excluding carboxylic acids is 1. The van der Waals surface area contributed by atoms with Gasteiger partial charge in [0, 0.05) is 11.1 Å². The van der Waals surface area contributed by atoms with Crippen LogP contribution in [-0.4, -0.2) is 12.9 Å². The average Bonchev–Trinajstić information content (AvgIpc) is 2.40. The largest absolute Gasteiger partial charge is 0.495 e. The van der Waals surface area contributed by atoms with E-state index >= 15 is 0 Å². The molecule has 2 rings (SSSR count). The second kappa shape index (κ2) is 5.41. The van der Waals surface area contributed by atoms with Gasteiger partial charge in [-0.15, -0.1) is 0 Å². The van der Waals surface area contributed by atoms with Crippen LogP contribution in [0.1, 0.15) is 21.5 Å². The standard InChI is InChI=1S/C15H12ClFO2/c1-9-3-5-11(17)8-12(9)15(18)10-4-6-14(19-2)13(16)7-10/h3-8H,1-2H3. The average molecular weight is 279 g/mol. The molecule has 0 heterocycles. The summed E-state index contributed by atoms with van der Waals surface area (Å²) in [5.74, 6) is -0.204. The number of rotatable bonds is 3. The Labute approximate surface area is 115 Å². The van der Waals surface area contributed by atoms with Crippen molar-refractivity contribution in [3.8, 4) is 5.75 Å². The molecule has 0 bridgehead atoms. The highest BCUT2D eigenvalue weighted by Crippen LogP contribution is 2.26. The van der Waals surface area contributed by atoms with E-state index in [2.05, 4.69) is 0 Å². The lowest BCUT2D eigenvalue weighted by molar-refractivity contribution is 0.103. The molecule has 4 heteroatoms. The summed E-state index contributed by atoms with van der Waals surface area (Å²) in [6.07, 6.45) is 0. The van der Waals surface area contributed by atoms with Crippen LogP contribution in [0.3, 0.4) is 0 Å². The molecule has 98 valence electrons. The summed E-state index contributed by atoms with van der Waals surface area (Å²) in [4.78, 5) is 12.3. The maximum Gasteiger partial charge on any atom is 0.193 e. The molecule has 0 aromatic heterocycles. The van der Waals surface area contributed by atoms with Gasteiger partial charge < -0.3 is 4.74 Å². The van der Waals surface area contributed by atoms with Crippen LogP contribution in [0.2, 0.25) is 5.02 Å². The number of hydrogen-bond donors (Lipinski definition) is 0. The zero-order valence-corrected chi connectivity index (χ0v) is 11.3. The Morgan fingerprint density at radius 3 is 2.58 bits per heavy atom. The Morgan fingerprint density at radius 1 is 1.21 bits per heavy atom. The first-order valence-electron chi connectivity index (χ1n) is 5.67. The molecule has 0 unspecified atom stereocenters. The molecule has 0 N–H and O–H groups in total. The third-order valence-electron chi connectivity index (χ3n) is 2.86. The molecule has 0 saturated heterocycles. The number of halogens is 2. The molecular formula is C15H12ClFO2. The lowest BCUT2D eigenvalue weighted by atomic mass is 9.99. The quantitative estimate of drug-likeness (QED) is 0.793. The van der Waals surface area contributed by atoms with Crippen LogP contribution >= 0.6 is 11.6 Å². The van der Waals surface area contributed by atoms with Crippen LogP contribution in [0.25, 0.3) is 0 Å². The van der Waals surface area contributed by atoms with Crippen molar-refractivity contribution in [3.63, 3.8) is 0 Å². The second-order valence-electron chi connectivity index (χ2n) is 4.14. The minimum atomic E-state index is -0.437. The number of ketones is 1. The van der Waals surface area contributed by atoms with Crippen LogP contribution in [0, 0.1) is 12.7 Å². The highest BCUT2D eigenvalue weighted by Gasteiger charge is 2.14. The fourth-order valence-corrected chi connectivity index (χ4v) is 2.06. The molecule has 2 aromatic rings. The van der Waals surface area contributed by atoms with Crippen LogP contribution in [0.15, 0.2) is 36.4 Å². The van der Waals surface area contributed by atoms with E-state index in [4.69, 9.17) is 16.3 Å². The summed E-state index contributed by atoms with van der Waals surface area (Å²) in [7, 11) is 1.50. The highest BCUT2D eigenvalue weighted by atomic mass is 35.5. The third-order valence-corrected chi connectivity index (χ3v) is 3.15. The summed E-state index contributed by atoms with van der Waals surface area (Å²) in [5, 5.41) is 0.349. The summed E-state index contributed by atoms with van der Waals surface area (Å²) < 4.78 is 18.2. The number of ether oxygens (including phenoxy) is 1. The Morgan fingerprint density at radius 2 is 1.95 bits per heavy atom. The monoisotopic (exact) mass is 278 g/mol. The van der Waals surface area contributed by atoms with Crippen molar-refractivity contribution in [1.82, 2.24) is 0 Å². The zero-order chi connectivity index (χ0) is 14.0. The molecular weight excluding hydrogens is 267 g/mol. The summed E-state index contributed by atoms with van der Waals surface area (Å²) in [6, 6.07) is 8.88. The number of hydrogen-bond acceptors (Lipinski definition) is 2. The van der Waals surface area contributed by atoms with Crippen molar-refractivity contribution < 1.29 is 13.9 Å². The Kier molecular flexibility index (Phi) is 3.86. The number of carbonyl (C=O) groups is 1. The van der Waals surface area contributed by atoms with E-state index in [1.807, 2.05) is 0 Å². The van der Waals surface area contributed by atoms with Gasteiger partial charge in [-0.25, -0.2) is 4.39 Å². The van der Waals surface area contributed by atoms with Gasteiger partial charge in [-0.05, 0) is 42.8 Å². The smallest absolute Gasteiger partial charge is 0.193 e. The van der Waals surface area contributed by atoms with Gasteiger partial charge in [0.15, 0.2) is 5.78 Å². The van der Waals surface area contributed by atoms with Gasteiger partial charge in [0.25, 0.3) is 0 Å². The second-order valence-corrected chi connectivity index (χ2v) is 4.54. The van der Waals surface area contributed by atoms with Crippen LogP contribution in [-0.2, 0) is 0 Å². The lowest BCUT2D eigenvalue weighted by Crippen LogP contribution is -2.04. The Balaban J connectivity index is 2.44. The fraction of sp³-hybridized carbons (Fsp3) is 0.133. The van der Waals surface area contributed by atoms with E-state index in [0.717, 1.165) is 5.56 Å². The molecule has 0 radical (unpaired) electrons. The number of aryl methyl sites for hydroxylation is 1. The van der Waals surface area contributed by atoms with Gasteiger partial charge in [-0.1, -0.05) is 17.7 Å². The van der Waals surface area contributed by atoms with Crippen molar-refractivity contribution >= 4 is 17.4 Å². The van der Waals surface area contributed by atoms with Crippen molar-refractivity contribution in [2.24, 2.45) is 0 Å². The van der Waals surface area contributed by atoms with Crippen LogP contribution in [0.4, 0.5) is 4.39 Å². The van der Waals surface area contributed by atoms with Crippen molar-refractivity contribution in [1.29, 1.82) is 0 Å². The van der Waals surface area contributed by atoms with Crippen molar-refractivity contribution in [2.45, 2.75) is 6.92 Å². The molecule has 2 aromatic carbocycles. The van der Waals surface area contributed by atoms with E-state index in [9.17, 15) is 9.18 Å². The van der Waals surface area contributed by atoms with Gasteiger partial charge >= 0.3 is 0 Å². The first-order valence-corrected chi connectivity index (χ1v) is 6.05. The summed E-state index contributed by atoms with van der Waals surface area (Å²) >= 11 is 5.98. The fourth-order valence-electron chi connectivity index (χ4n) is 1.80. The van der Waals surface area contributed by atoms with Crippen LogP contribution < -0.4 is 4.74 Å². The van der Waals surface area contributed by atoms with Crippen molar-refractivity contribution in [3.05, 3.63) is 63.9 Å². The van der Waals surface area contributed by atoms with Crippen molar-refractivity contribution in [2.75, 3.05) is 7.11 Å². The van der Waals surface area contributed by atoms with Gasteiger partial charge in [-0.3, -0.25) is 4.79 Å². The topological polar surface area (TPSA) is 26.3 Å². The van der Waals surface area contributed by atoms with Gasteiger partial charge in [0.2, 0.25) is 0 Å². The first-order chi connectivity index (χ1) is 9.02. The van der Waals surface area contributed by atoms with E-state index in [0.29, 0.717) is 21.9 Å². The minimum absolute atomic E-state index is 0.262. The Hall–Kier alpha value is -1.87. The molecule has 0 aliphatic rings. The van der Waals surface area contributed by atoms with E-state index in [-0.39, 0.29) is 5.78 Å². The molecule has 19 heavy (non-hydrogen) atoms. The molecule has 0 fully saturated rings. The summed E-state index contributed by atoms with van der Waals surface area (Å²) in [6.45, 7) is 1.76. The SMILES string of the molecule is COc1ccc(C(=O)c2cc(F)ccc2C)cc1Cl. The molecule has 0 spiro atoms. The molecule has 0 amide bonds. The molecule has 0 aliphatic carbocycles. The minimum Gasteiger partial charge on any atom is -0.495 e. The number of methoxy groups -OCH3 is 1. The maximum atomic E-state index is 13.2. The predicted octanol–water partition coefficient (Wildman–Crippen LogP) is 4.03. The van der Waals surface area contributed by atoms with Gasteiger partial charge in [-0.2, -0.15) is 0 Å². The third kappa shape index (κ3) is 2.76. The van der Waals surface area contributed by atoms with E-state index in [1.54, 1.807) is 25.1 Å². The maximum absolute atomic E-state index is 13.2. The van der Waals surface area contributed by atoms with E-state index < -0.39 is 5.82 Å². The number of benzene rings is 2. The lowest BCUT2D eigenvalue weighted by Gasteiger charge is -2.07. The molecule has 2 nitrogen and oxygen atoms in total. The zero-order valence-electron chi connectivity index (χ0n) is 10.5. The Bertz CT molecular complexity index is 638. The predicted molar refractivity (Wildman–Crippen MR) is 72.6 cm³/mol. The molecule has 0 saturated carbocycles. The summed E-state index contributed by atoms with van der Waals surface area (Å²) in [5.41, 5.74) is 1.46. The highest BCUT2D eigenvalue weighted by molar-refractivity contribution is 6.32. The first kappa shape index (κ1) is 13.6. The van der Waals surface area contributed by atoms with Crippen LogP contribution in [0.5, 0.6) is 5.75 Å². The molecule has 0 aliphatic heterocycles.